The van der Waals surface area contributed by atoms with E-state index in [1.807, 2.05) is 30.4 Å². The molecule has 1 aromatic carbocycles. The van der Waals surface area contributed by atoms with E-state index in [1.165, 1.54) is 4.31 Å². The molecule has 0 atom stereocenters. The molecule has 0 N–H and O–H groups in total. The molecule has 4 rings (SSSR count). The topological polar surface area (TPSA) is 75.7 Å². The van der Waals surface area contributed by atoms with Gasteiger partial charge in [0.15, 0.2) is 0 Å². The fourth-order valence-electron chi connectivity index (χ4n) is 3.47. The lowest BCUT2D eigenvalue weighted by Crippen LogP contribution is -2.48. The molecule has 0 bridgehead atoms. The lowest BCUT2D eigenvalue weighted by molar-refractivity contribution is 0.145. The summed E-state index contributed by atoms with van der Waals surface area (Å²) in [4.78, 5) is 6.94. The van der Waals surface area contributed by atoms with Crippen molar-refractivity contribution in [2.24, 2.45) is 0 Å². The second-order valence-corrected chi connectivity index (χ2v) is 9.24. The van der Waals surface area contributed by atoms with Crippen molar-refractivity contribution in [2.75, 3.05) is 26.2 Å². The maximum Gasteiger partial charge on any atom is 0.254 e. The number of benzene rings is 1. The average molecular weight is 419 g/mol. The van der Waals surface area contributed by atoms with Gasteiger partial charge >= 0.3 is 0 Å². The number of piperazine rings is 1. The van der Waals surface area contributed by atoms with Crippen molar-refractivity contribution < 1.29 is 8.42 Å². The molecule has 1 saturated heterocycles. The number of nitrogens with zero attached hydrogens (tertiary/aromatic N) is 6. The molecular formula is C18H22N6O2S2. The minimum absolute atomic E-state index is 0.336. The highest BCUT2D eigenvalue weighted by Gasteiger charge is 2.28. The number of aryl methyl sites for hydroxylation is 2. The molecule has 28 heavy (non-hydrogen) atoms. The Morgan fingerprint density at radius 1 is 1.07 bits per heavy atom. The molecule has 1 aliphatic heterocycles. The fourth-order valence-corrected chi connectivity index (χ4v) is 5.24. The highest BCUT2D eigenvalue weighted by Crippen LogP contribution is 2.17. The van der Waals surface area contributed by atoms with Gasteiger partial charge in [0.25, 0.3) is 5.78 Å². The van der Waals surface area contributed by atoms with E-state index in [9.17, 15) is 8.42 Å². The Balaban J connectivity index is 1.48. The molecule has 1 aliphatic rings. The van der Waals surface area contributed by atoms with Crippen molar-refractivity contribution in [1.82, 2.24) is 28.4 Å². The van der Waals surface area contributed by atoms with Gasteiger partial charge in [-0.05, 0) is 44.3 Å². The van der Waals surface area contributed by atoms with Crippen LogP contribution in [-0.4, -0.2) is 63.0 Å². The van der Waals surface area contributed by atoms with Crippen LogP contribution >= 0.6 is 12.2 Å². The van der Waals surface area contributed by atoms with Crippen LogP contribution in [0.4, 0.5) is 0 Å². The van der Waals surface area contributed by atoms with E-state index in [4.69, 9.17) is 12.2 Å². The molecular weight excluding hydrogens is 396 g/mol. The Morgan fingerprint density at radius 3 is 2.43 bits per heavy atom. The highest BCUT2D eigenvalue weighted by molar-refractivity contribution is 7.89. The van der Waals surface area contributed by atoms with Gasteiger partial charge in [0, 0.05) is 37.6 Å². The molecule has 0 unspecified atom stereocenters. The third-order valence-corrected chi connectivity index (χ3v) is 7.22. The van der Waals surface area contributed by atoms with E-state index < -0.39 is 10.0 Å². The normalized spacial score (nSPS) is 16.6. The minimum Gasteiger partial charge on any atom is -0.282 e. The first-order chi connectivity index (χ1) is 13.4. The minimum atomic E-state index is -3.45. The molecule has 0 aliphatic carbocycles. The number of fused-ring (bicyclic) bond motifs is 1. The second kappa shape index (κ2) is 7.36. The molecule has 8 nitrogen and oxygen atoms in total. The molecule has 10 heteroatoms. The third-order valence-electron chi connectivity index (χ3n) is 4.92. The van der Waals surface area contributed by atoms with Crippen molar-refractivity contribution in [3.05, 3.63) is 52.6 Å². The quantitative estimate of drug-likeness (QED) is 0.602. The van der Waals surface area contributed by atoms with E-state index in [0.29, 0.717) is 48.3 Å². The summed E-state index contributed by atoms with van der Waals surface area (Å²) in [6, 6.07) is 10.5. The number of hydrogen-bond donors (Lipinski definition) is 0. The maximum atomic E-state index is 12.8. The van der Waals surface area contributed by atoms with Crippen LogP contribution in [0.15, 0.2) is 41.3 Å². The van der Waals surface area contributed by atoms with Gasteiger partial charge in [-0.3, -0.25) is 9.30 Å². The van der Waals surface area contributed by atoms with Gasteiger partial charge in [0.1, 0.15) is 0 Å². The maximum absolute atomic E-state index is 12.8. The zero-order chi connectivity index (χ0) is 19.9. The first-order valence-corrected chi connectivity index (χ1v) is 10.9. The van der Waals surface area contributed by atoms with E-state index in [0.717, 1.165) is 11.4 Å². The lowest BCUT2D eigenvalue weighted by atomic mass is 10.3. The summed E-state index contributed by atoms with van der Waals surface area (Å²) in [5.74, 6) is 0.591. The first-order valence-electron chi connectivity index (χ1n) is 9.07. The van der Waals surface area contributed by atoms with Gasteiger partial charge in [0.2, 0.25) is 14.8 Å². The van der Waals surface area contributed by atoms with E-state index in [2.05, 4.69) is 15.0 Å². The summed E-state index contributed by atoms with van der Waals surface area (Å²) in [5, 5.41) is 4.53. The summed E-state index contributed by atoms with van der Waals surface area (Å²) in [6.07, 6.45) is 0. The SMILES string of the molecule is Cc1cc(C)n2c(=S)n(CN3CCN(S(=O)(=O)c4ccccc4)CC3)nc2n1. The van der Waals surface area contributed by atoms with Crippen LogP contribution in [0.5, 0.6) is 0 Å². The molecule has 2 aromatic heterocycles. The molecule has 0 radical (unpaired) electrons. The average Bonchev–Trinajstić information content (AvgIpc) is 2.98. The monoisotopic (exact) mass is 418 g/mol. The number of rotatable bonds is 4. The number of hydrogen-bond acceptors (Lipinski definition) is 6. The Kier molecular flexibility index (Phi) is 5.04. The third kappa shape index (κ3) is 3.48. The fraction of sp³-hybridized carbons (Fsp3) is 0.389. The zero-order valence-electron chi connectivity index (χ0n) is 15.8. The summed E-state index contributed by atoms with van der Waals surface area (Å²) in [5.41, 5.74) is 1.90. The number of sulfonamides is 1. The molecule has 0 saturated carbocycles. The van der Waals surface area contributed by atoms with Gasteiger partial charge in [-0.2, -0.15) is 4.31 Å². The van der Waals surface area contributed by atoms with Gasteiger partial charge in [-0.1, -0.05) is 18.2 Å². The number of aromatic nitrogens is 4. The van der Waals surface area contributed by atoms with E-state index in [1.54, 1.807) is 28.9 Å². The molecule has 0 spiro atoms. The first kappa shape index (κ1) is 19.2. The zero-order valence-corrected chi connectivity index (χ0v) is 17.4. The van der Waals surface area contributed by atoms with Crippen LogP contribution in [0.3, 0.4) is 0 Å². The lowest BCUT2D eigenvalue weighted by Gasteiger charge is -2.33. The summed E-state index contributed by atoms with van der Waals surface area (Å²) in [7, 11) is -3.45. The standard InChI is InChI=1S/C18H22N6O2S2/c1-14-12-15(2)24-17(19-14)20-23(18(24)27)13-21-8-10-22(11-9-21)28(25,26)16-6-4-3-5-7-16/h3-7,12H,8-11,13H2,1-2H3. The molecule has 3 aromatic rings. The van der Waals surface area contributed by atoms with Crippen molar-refractivity contribution >= 4 is 28.0 Å². The Morgan fingerprint density at radius 2 is 1.75 bits per heavy atom. The van der Waals surface area contributed by atoms with Crippen LogP contribution in [0, 0.1) is 18.6 Å². The van der Waals surface area contributed by atoms with Crippen LogP contribution in [0.1, 0.15) is 11.4 Å². The van der Waals surface area contributed by atoms with Gasteiger partial charge in [-0.15, -0.1) is 5.10 Å². The second-order valence-electron chi connectivity index (χ2n) is 6.93. The summed E-state index contributed by atoms with van der Waals surface area (Å²) < 4.78 is 31.3. The Bertz CT molecular complexity index is 1160. The van der Waals surface area contributed by atoms with Crippen LogP contribution < -0.4 is 0 Å². The largest absolute Gasteiger partial charge is 0.282 e. The summed E-state index contributed by atoms with van der Waals surface area (Å²) >= 11 is 5.56. The van der Waals surface area contributed by atoms with Crippen LogP contribution in [0.25, 0.3) is 5.78 Å². The van der Waals surface area contributed by atoms with Crippen molar-refractivity contribution in [3.63, 3.8) is 0 Å². The van der Waals surface area contributed by atoms with E-state index >= 15 is 0 Å². The predicted molar refractivity (Wildman–Crippen MR) is 108 cm³/mol. The predicted octanol–water partition coefficient (Wildman–Crippen LogP) is 1.84. The Labute approximate surface area is 169 Å². The van der Waals surface area contributed by atoms with Crippen molar-refractivity contribution in [1.29, 1.82) is 0 Å². The molecule has 148 valence electrons. The molecule has 0 amide bonds. The highest BCUT2D eigenvalue weighted by atomic mass is 32.2. The van der Waals surface area contributed by atoms with Gasteiger partial charge in [-0.25, -0.2) is 18.1 Å². The molecule has 1 fully saturated rings. The van der Waals surface area contributed by atoms with E-state index in [-0.39, 0.29) is 0 Å². The Hall–Kier alpha value is -2.14. The van der Waals surface area contributed by atoms with Gasteiger partial charge < -0.3 is 0 Å². The summed E-state index contributed by atoms with van der Waals surface area (Å²) in [6.45, 7) is 6.54. The van der Waals surface area contributed by atoms with Crippen molar-refractivity contribution in [3.8, 4) is 0 Å². The smallest absolute Gasteiger partial charge is 0.254 e. The van der Waals surface area contributed by atoms with Crippen LogP contribution in [0.2, 0.25) is 0 Å². The molecule has 3 heterocycles. The van der Waals surface area contributed by atoms with Crippen molar-refractivity contribution in [2.45, 2.75) is 25.4 Å². The van der Waals surface area contributed by atoms with Gasteiger partial charge in [0.05, 0.1) is 11.6 Å². The van der Waals surface area contributed by atoms with Crippen LogP contribution in [-0.2, 0) is 16.7 Å².